The predicted octanol–water partition coefficient (Wildman–Crippen LogP) is 5.96. The summed E-state index contributed by atoms with van der Waals surface area (Å²) >= 11 is 0. The standard InChI is InChI=1S/C28H22FN7O/c1-15(2)28(37)33-19-9-17(12-30-13-19)23-11-22-25(14-32-23)35-36-26(22)24-10-21-20(7-8-31-27(21)34-24)16-3-5-18(29)6-4-16/h3-15H,1-2H3,(H,31,34)(H,33,37)(H,35,36). The topological polar surface area (TPSA) is 112 Å². The first-order valence-electron chi connectivity index (χ1n) is 11.8. The Kier molecular flexibility index (Phi) is 5.45. The van der Waals surface area contributed by atoms with Gasteiger partial charge >= 0.3 is 0 Å². The zero-order valence-corrected chi connectivity index (χ0v) is 20.1. The Morgan fingerprint density at radius 3 is 2.59 bits per heavy atom. The number of rotatable bonds is 5. The van der Waals surface area contributed by atoms with Crippen LogP contribution in [-0.2, 0) is 4.79 Å². The normalized spacial score (nSPS) is 11.5. The summed E-state index contributed by atoms with van der Waals surface area (Å²) < 4.78 is 13.5. The molecule has 5 aromatic heterocycles. The van der Waals surface area contributed by atoms with Crippen molar-refractivity contribution in [2.45, 2.75) is 13.8 Å². The molecule has 1 amide bonds. The third-order valence-corrected chi connectivity index (χ3v) is 6.22. The molecule has 0 saturated heterocycles. The molecule has 0 bridgehead atoms. The summed E-state index contributed by atoms with van der Waals surface area (Å²) in [5.74, 6) is -0.493. The number of fused-ring (bicyclic) bond motifs is 2. The van der Waals surface area contributed by atoms with E-state index in [0.29, 0.717) is 17.0 Å². The van der Waals surface area contributed by atoms with E-state index in [4.69, 9.17) is 0 Å². The van der Waals surface area contributed by atoms with Crippen LogP contribution in [0.2, 0.25) is 0 Å². The summed E-state index contributed by atoms with van der Waals surface area (Å²) in [6, 6.07) is 14.1. The molecule has 1 aromatic carbocycles. The number of nitrogens with zero attached hydrogens (tertiary/aromatic N) is 4. The number of benzene rings is 1. The number of hydrogen-bond acceptors (Lipinski definition) is 5. The van der Waals surface area contributed by atoms with Crippen LogP contribution in [0.5, 0.6) is 0 Å². The average Bonchev–Trinajstić information content (AvgIpc) is 3.53. The summed E-state index contributed by atoms with van der Waals surface area (Å²) in [6.45, 7) is 3.68. The molecule has 0 aliphatic rings. The predicted molar refractivity (Wildman–Crippen MR) is 141 cm³/mol. The summed E-state index contributed by atoms with van der Waals surface area (Å²) in [6.07, 6.45) is 6.78. The van der Waals surface area contributed by atoms with E-state index >= 15 is 0 Å². The number of halogens is 1. The lowest BCUT2D eigenvalue weighted by Crippen LogP contribution is -2.17. The van der Waals surface area contributed by atoms with Crippen LogP contribution in [0, 0.1) is 11.7 Å². The van der Waals surface area contributed by atoms with Crippen molar-refractivity contribution >= 4 is 33.5 Å². The lowest BCUT2D eigenvalue weighted by atomic mass is 10.0. The van der Waals surface area contributed by atoms with Gasteiger partial charge in [-0.05, 0) is 47.5 Å². The van der Waals surface area contributed by atoms with Crippen LogP contribution in [0.3, 0.4) is 0 Å². The first kappa shape index (κ1) is 22.5. The molecule has 0 aliphatic carbocycles. The Hall–Kier alpha value is -4.92. The van der Waals surface area contributed by atoms with Gasteiger partial charge in [0.25, 0.3) is 0 Å². The molecule has 3 N–H and O–H groups in total. The number of carbonyl (C=O) groups excluding carboxylic acids is 1. The van der Waals surface area contributed by atoms with Gasteiger partial charge in [-0.15, -0.1) is 0 Å². The van der Waals surface area contributed by atoms with Crippen molar-refractivity contribution in [3.63, 3.8) is 0 Å². The number of H-pyrrole nitrogens is 2. The number of aromatic nitrogens is 6. The van der Waals surface area contributed by atoms with Gasteiger partial charge in [0.2, 0.25) is 5.91 Å². The smallest absolute Gasteiger partial charge is 0.226 e. The molecule has 37 heavy (non-hydrogen) atoms. The number of hydrogen-bond donors (Lipinski definition) is 3. The molecule has 0 fully saturated rings. The molecule has 6 aromatic rings. The first-order valence-corrected chi connectivity index (χ1v) is 11.8. The number of aromatic amines is 2. The van der Waals surface area contributed by atoms with Crippen molar-refractivity contribution in [2.75, 3.05) is 5.32 Å². The Morgan fingerprint density at radius 2 is 1.78 bits per heavy atom. The van der Waals surface area contributed by atoms with E-state index in [1.807, 2.05) is 38.1 Å². The lowest BCUT2D eigenvalue weighted by Gasteiger charge is -2.08. The van der Waals surface area contributed by atoms with Gasteiger partial charge in [-0.25, -0.2) is 9.37 Å². The van der Waals surface area contributed by atoms with Crippen LogP contribution >= 0.6 is 0 Å². The van der Waals surface area contributed by atoms with Gasteiger partial charge in [-0.3, -0.25) is 19.9 Å². The molecule has 0 aliphatic heterocycles. The molecule has 0 spiro atoms. The SMILES string of the molecule is CC(C)C(=O)Nc1cncc(-c2cc3c(-c4cc5c(-c6ccc(F)cc6)ccnc5[nH]4)n[nH]c3cn2)c1. The van der Waals surface area contributed by atoms with Crippen molar-refractivity contribution in [2.24, 2.45) is 5.92 Å². The van der Waals surface area contributed by atoms with Gasteiger partial charge in [-0.1, -0.05) is 26.0 Å². The maximum absolute atomic E-state index is 13.5. The van der Waals surface area contributed by atoms with Crippen molar-refractivity contribution in [3.8, 4) is 33.8 Å². The van der Waals surface area contributed by atoms with Crippen LogP contribution in [0.25, 0.3) is 55.7 Å². The van der Waals surface area contributed by atoms with Crippen molar-refractivity contribution < 1.29 is 9.18 Å². The zero-order valence-electron chi connectivity index (χ0n) is 20.1. The van der Waals surface area contributed by atoms with E-state index < -0.39 is 0 Å². The largest absolute Gasteiger partial charge is 0.338 e. The monoisotopic (exact) mass is 491 g/mol. The Bertz CT molecular complexity index is 1770. The quantitative estimate of drug-likeness (QED) is 0.275. The third kappa shape index (κ3) is 4.20. The van der Waals surface area contributed by atoms with E-state index in [-0.39, 0.29) is 17.6 Å². The van der Waals surface area contributed by atoms with E-state index in [1.54, 1.807) is 36.9 Å². The van der Waals surface area contributed by atoms with Crippen LogP contribution in [0.15, 0.2) is 73.3 Å². The van der Waals surface area contributed by atoms with E-state index in [1.165, 1.54) is 12.1 Å². The van der Waals surface area contributed by atoms with Crippen LogP contribution in [0.1, 0.15) is 13.8 Å². The number of amides is 1. The molecule has 182 valence electrons. The molecule has 5 heterocycles. The highest BCUT2D eigenvalue weighted by Gasteiger charge is 2.16. The minimum Gasteiger partial charge on any atom is -0.338 e. The van der Waals surface area contributed by atoms with E-state index in [9.17, 15) is 9.18 Å². The minimum absolute atomic E-state index is 0.0769. The fourth-order valence-corrected chi connectivity index (χ4v) is 4.25. The second kappa shape index (κ2) is 8.94. The molecule has 0 radical (unpaired) electrons. The molecule has 8 nitrogen and oxygen atoms in total. The highest BCUT2D eigenvalue weighted by molar-refractivity contribution is 6.00. The fraction of sp³-hybridized carbons (Fsp3) is 0.107. The summed E-state index contributed by atoms with van der Waals surface area (Å²) in [4.78, 5) is 28.8. The van der Waals surface area contributed by atoms with Gasteiger partial charge in [0, 0.05) is 34.6 Å². The second-order valence-corrected chi connectivity index (χ2v) is 9.10. The van der Waals surface area contributed by atoms with Gasteiger partial charge in [-0.2, -0.15) is 5.10 Å². The summed E-state index contributed by atoms with van der Waals surface area (Å²) in [5, 5.41) is 12.2. The number of nitrogens with one attached hydrogen (secondary N) is 3. The molecule has 0 unspecified atom stereocenters. The Morgan fingerprint density at radius 1 is 0.946 bits per heavy atom. The van der Waals surface area contributed by atoms with Crippen molar-refractivity contribution in [1.82, 2.24) is 30.1 Å². The summed E-state index contributed by atoms with van der Waals surface area (Å²) in [5.41, 5.74) is 6.92. The number of pyridine rings is 3. The van der Waals surface area contributed by atoms with E-state index in [2.05, 4.69) is 35.5 Å². The Balaban J connectivity index is 1.41. The first-order chi connectivity index (χ1) is 18.0. The highest BCUT2D eigenvalue weighted by Crippen LogP contribution is 2.34. The summed E-state index contributed by atoms with van der Waals surface area (Å²) in [7, 11) is 0. The Labute approximate surface area is 211 Å². The van der Waals surface area contributed by atoms with Crippen molar-refractivity contribution in [1.29, 1.82) is 0 Å². The molecule has 0 atom stereocenters. The second-order valence-electron chi connectivity index (χ2n) is 9.10. The molecular formula is C28H22FN7O. The maximum Gasteiger partial charge on any atom is 0.226 e. The molecular weight excluding hydrogens is 469 g/mol. The number of anilines is 1. The van der Waals surface area contributed by atoms with Crippen LogP contribution < -0.4 is 5.32 Å². The van der Waals surface area contributed by atoms with Crippen LogP contribution in [0.4, 0.5) is 10.1 Å². The zero-order chi connectivity index (χ0) is 25.5. The number of carbonyl (C=O) groups is 1. The third-order valence-electron chi connectivity index (χ3n) is 6.22. The minimum atomic E-state index is -0.278. The molecule has 6 rings (SSSR count). The van der Waals surface area contributed by atoms with Crippen molar-refractivity contribution in [3.05, 3.63) is 79.1 Å². The molecule has 9 heteroatoms. The average molecular weight is 492 g/mol. The molecule has 0 saturated carbocycles. The maximum atomic E-state index is 13.5. The fourth-order valence-electron chi connectivity index (χ4n) is 4.25. The lowest BCUT2D eigenvalue weighted by molar-refractivity contribution is -0.118. The van der Waals surface area contributed by atoms with Gasteiger partial charge < -0.3 is 10.3 Å². The highest BCUT2D eigenvalue weighted by atomic mass is 19.1. The van der Waals surface area contributed by atoms with Crippen LogP contribution in [-0.4, -0.2) is 36.0 Å². The van der Waals surface area contributed by atoms with Gasteiger partial charge in [0.1, 0.15) is 17.2 Å². The van der Waals surface area contributed by atoms with Gasteiger partial charge in [0.15, 0.2) is 0 Å². The van der Waals surface area contributed by atoms with Gasteiger partial charge in [0.05, 0.1) is 35.0 Å². The van der Waals surface area contributed by atoms with E-state index in [0.717, 1.165) is 44.4 Å².